The summed E-state index contributed by atoms with van der Waals surface area (Å²) in [5.74, 6) is 0.234. The molecule has 9 heteroatoms. The topological polar surface area (TPSA) is 107 Å². The molecule has 166 valence electrons. The van der Waals surface area contributed by atoms with Crippen molar-refractivity contribution in [3.8, 4) is 0 Å². The number of imidazole rings is 1. The third kappa shape index (κ3) is 5.11. The maximum absolute atomic E-state index is 12.9. The molecule has 2 atom stereocenters. The molecule has 3 aromatic rings. The number of benzene rings is 2. The normalized spacial score (nSPS) is 13.8. The van der Waals surface area contributed by atoms with E-state index in [1.807, 2.05) is 42.7 Å². The van der Waals surface area contributed by atoms with Crippen LogP contribution in [-0.2, 0) is 21.4 Å². The van der Waals surface area contributed by atoms with Crippen molar-refractivity contribution in [3.05, 3.63) is 48.0 Å². The minimum Gasteiger partial charge on any atom is -0.325 e. The number of sulfonamides is 1. The quantitative estimate of drug-likeness (QED) is 0.486. The molecule has 3 N–H and O–H groups in total. The summed E-state index contributed by atoms with van der Waals surface area (Å²) in [5, 5.41) is 8.55. The van der Waals surface area contributed by atoms with Gasteiger partial charge in [0.15, 0.2) is 5.16 Å². The molecule has 7 nitrogen and oxygen atoms in total. The van der Waals surface area contributed by atoms with E-state index in [2.05, 4.69) is 24.1 Å². The van der Waals surface area contributed by atoms with E-state index in [0.717, 1.165) is 23.2 Å². The van der Waals surface area contributed by atoms with Gasteiger partial charge in [-0.25, -0.2) is 18.5 Å². The number of carbonyl (C=O) groups excluding carboxylic acids is 1. The molecule has 2 aromatic carbocycles. The van der Waals surface area contributed by atoms with E-state index < -0.39 is 15.3 Å². The summed E-state index contributed by atoms with van der Waals surface area (Å²) < 4.78 is 25.3. The van der Waals surface area contributed by atoms with Crippen molar-refractivity contribution < 1.29 is 13.2 Å². The lowest BCUT2D eigenvalue weighted by atomic mass is 9.97. The predicted molar refractivity (Wildman–Crippen MR) is 126 cm³/mol. The first-order valence-corrected chi connectivity index (χ1v) is 12.7. The number of fused-ring (bicyclic) bond motifs is 1. The number of thioether (sulfide) groups is 1. The number of rotatable bonds is 8. The van der Waals surface area contributed by atoms with E-state index in [-0.39, 0.29) is 10.8 Å². The molecule has 2 unspecified atom stereocenters. The fraction of sp³-hybridized carbons (Fsp3) is 0.364. The number of nitrogens with zero attached hydrogens (tertiary/aromatic N) is 2. The molecule has 0 spiro atoms. The van der Waals surface area contributed by atoms with Crippen molar-refractivity contribution in [3.63, 3.8) is 0 Å². The Morgan fingerprint density at radius 2 is 1.90 bits per heavy atom. The SMILES string of the molecule is CCC(C)c1ccccc1NC(=O)C(C)Sc1nc2cc(S(N)(=O)=O)ccc2n1CC. The number of hydrogen-bond donors (Lipinski definition) is 2. The number of carbonyl (C=O) groups is 1. The van der Waals surface area contributed by atoms with Crippen molar-refractivity contribution in [2.75, 3.05) is 5.32 Å². The first kappa shape index (κ1) is 23.3. The summed E-state index contributed by atoms with van der Waals surface area (Å²) >= 11 is 1.34. The van der Waals surface area contributed by atoms with Gasteiger partial charge in [0, 0.05) is 12.2 Å². The van der Waals surface area contributed by atoms with E-state index in [0.29, 0.717) is 23.1 Å². The zero-order valence-electron chi connectivity index (χ0n) is 18.1. The second-order valence-electron chi connectivity index (χ2n) is 7.48. The summed E-state index contributed by atoms with van der Waals surface area (Å²) in [6.45, 7) is 8.71. The van der Waals surface area contributed by atoms with Gasteiger partial charge in [0.2, 0.25) is 15.9 Å². The predicted octanol–water partition coefficient (Wildman–Crippen LogP) is 4.34. The Morgan fingerprint density at radius 1 is 1.19 bits per heavy atom. The van der Waals surface area contributed by atoms with Crippen LogP contribution in [0, 0.1) is 0 Å². The highest BCUT2D eigenvalue weighted by Crippen LogP contribution is 2.30. The van der Waals surface area contributed by atoms with Crippen LogP contribution in [0.5, 0.6) is 0 Å². The van der Waals surface area contributed by atoms with Gasteiger partial charge in [0.05, 0.1) is 21.2 Å². The molecule has 31 heavy (non-hydrogen) atoms. The van der Waals surface area contributed by atoms with E-state index in [9.17, 15) is 13.2 Å². The van der Waals surface area contributed by atoms with Gasteiger partial charge in [-0.3, -0.25) is 4.79 Å². The van der Waals surface area contributed by atoms with Gasteiger partial charge in [0.25, 0.3) is 0 Å². The second kappa shape index (κ2) is 9.42. The maximum atomic E-state index is 12.9. The number of primary sulfonamides is 1. The summed E-state index contributed by atoms with van der Waals surface area (Å²) in [4.78, 5) is 17.5. The van der Waals surface area contributed by atoms with Gasteiger partial charge in [-0.1, -0.05) is 43.8 Å². The molecule has 1 aromatic heterocycles. The molecule has 0 aliphatic rings. The number of anilines is 1. The van der Waals surface area contributed by atoms with Crippen LogP contribution < -0.4 is 10.5 Å². The average molecular weight is 461 g/mol. The molecule has 0 saturated carbocycles. The lowest BCUT2D eigenvalue weighted by molar-refractivity contribution is -0.115. The molecule has 0 aliphatic carbocycles. The van der Waals surface area contributed by atoms with Gasteiger partial charge >= 0.3 is 0 Å². The zero-order chi connectivity index (χ0) is 22.8. The standard InChI is InChI=1S/C22H28N4O3S2/c1-5-14(3)17-9-7-8-10-18(17)24-21(27)15(4)30-22-25-19-13-16(31(23,28)29)11-12-20(19)26(22)6-2/h7-15H,5-6H2,1-4H3,(H,24,27)(H2,23,28,29). The maximum Gasteiger partial charge on any atom is 0.238 e. The Labute approximate surface area is 187 Å². The minimum absolute atomic E-state index is 0.0183. The molecule has 0 aliphatic heterocycles. The number of aryl methyl sites for hydroxylation is 1. The third-order valence-corrected chi connectivity index (χ3v) is 7.34. The Morgan fingerprint density at radius 3 is 2.55 bits per heavy atom. The largest absolute Gasteiger partial charge is 0.325 e. The van der Waals surface area contributed by atoms with E-state index >= 15 is 0 Å². The van der Waals surface area contributed by atoms with E-state index in [1.165, 1.54) is 23.9 Å². The zero-order valence-corrected chi connectivity index (χ0v) is 19.8. The lowest BCUT2D eigenvalue weighted by Crippen LogP contribution is -2.23. The van der Waals surface area contributed by atoms with Crippen LogP contribution in [0.1, 0.15) is 45.6 Å². The van der Waals surface area contributed by atoms with E-state index in [1.54, 1.807) is 6.07 Å². The summed E-state index contributed by atoms with van der Waals surface area (Å²) in [6.07, 6.45) is 0.984. The number of amides is 1. The molecule has 0 radical (unpaired) electrons. The van der Waals surface area contributed by atoms with Crippen LogP contribution in [0.2, 0.25) is 0 Å². The molecule has 0 bridgehead atoms. The molecule has 0 fully saturated rings. The number of aromatic nitrogens is 2. The molecule has 0 saturated heterocycles. The summed E-state index contributed by atoms with van der Waals surface area (Å²) in [5.41, 5.74) is 3.28. The molecule has 1 heterocycles. The highest BCUT2D eigenvalue weighted by atomic mass is 32.2. The highest BCUT2D eigenvalue weighted by molar-refractivity contribution is 8.00. The lowest BCUT2D eigenvalue weighted by Gasteiger charge is -2.17. The Kier molecular flexibility index (Phi) is 7.08. The van der Waals surface area contributed by atoms with Crippen LogP contribution in [0.15, 0.2) is 52.5 Å². The van der Waals surface area contributed by atoms with Crippen LogP contribution >= 0.6 is 11.8 Å². The van der Waals surface area contributed by atoms with Gasteiger partial charge in [0.1, 0.15) is 0 Å². The summed E-state index contributed by atoms with van der Waals surface area (Å²) in [6, 6.07) is 12.5. The van der Waals surface area contributed by atoms with Crippen molar-refractivity contribution in [2.45, 2.75) is 61.9 Å². The number of nitrogens with one attached hydrogen (secondary N) is 1. The number of para-hydroxylation sites is 1. The number of nitrogens with two attached hydrogens (primary N) is 1. The van der Waals surface area contributed by atoms with Gasteiger partial charge < -0.3 is 9.88 Å². The smallest absolute Gasteiger partial charge is 0.238 e. The first-order valence-electron chi connectivity index (χ1n) is 10.2. The molecule has 3 rings (SSSR count). The molecular formula is C22H28N4O3S2. The Hall–Kier alpha value is -2.36. The average Bonchev–Trinajstić information content (AvgIpc) is 3.08. The Bertz CT molecular complexity index is 1200. The van der Waals surface area contributed by atoms with Gasteiger partial charge in [-0.05, 0) is 56.0 Å². The Balaban J connectivity index is 1.84. The molecule has 1 amide bonds. The van der Waals surface area contributed by atoms with Crippen LogP contribution in [0.3, 0.4) is 0 Å². The fourth-order valence-corrected chi connectivity index (χ4v) is 4.89. The minimum atomic E-state index is -3.81. The van der Waals surface area contributed by atoms with Crippen molar-refractivity contribution in [1.29, 1.82) is 0 Å². The highest BCUT2D eigenvalue weighted by Gasteiger charge is 2.21. The van der Waals surface area contributed by atoms with Gasteiger partial charge in [-0.2, -0.15) is 0 Å². The van der Waals surface area contributed by atoms with Crippen molar-refractivity contribution in [1.82, 2.24) is 9.55 Å². The van der Waals surface area contributed by atoms with Crippen LogP contribution in [-0.4, -0.2) is 29.1 Å². The summed E-state index contributed by atoms with van der Waals surface area (Å²) in [7, 11) is -3.81. The van der Waals surface area contributed by atoms with Crippen LogP contribution in [0.25, 0.3) is 11.0 Å². The van der Waals surface area contributed by atoms with Gasteiger partial charge in [-0.15, -0.1) is 0 Å². The third-order valence-electron chi connectivity index (χ3n) is 5.34. The monoisotopic (exact) mass is 460 g/mol. The molecular weight excluding hydrogens is 432 g/mol. The first-order chi connectivity index (χ1) is 14.7. The number of hydrogen-bond acceptors (Lipinski definition) is 5. The van der Waals surface area contributed by atoms with E-state index in [4.69, 9.17) is 5.14 Å². The van der Waals surface area contributed by atoms with Crippen molar-refractivity contribution >= 4 is 44.4 Å². The second-order valence-corrected chi connectivity index (χ2v) is 10.3. The van der Waals surface area contributed by atoms with Crippen LogP contribution in [0.4, 0.5) is 5.69 Å². The van der Waals surface area contributed by atoms with Crippen molar-refractivity contribution in [2.24, 2.45) is 5.14 Å². The fourth-order valence-electron chi connectivity index (χ4n) is 3.37.